The molecular formula is C17H27N3O3S. The van der Waals surface area contributed by atoms with Gasteiger partial charge in [0.1, 0.15) is 0 Å². The van der Waals surface area contributed by atoms with Gasteiger partial charge in [-0.1, -0.05) is 13.0 Å². The van der Waals surface area contributed by atoms with E-state index in [1.54, 1.807) is 12.1 Å². The van der Waals surface area contributed by atoms with Crippen LogP contribution in [0, 0.1) is 5.92 Å². The highest BCUT2D eigenvalue weighted by atomic mass is 32.2. The molecule has 0 radical (unpaired) electrons. The third kappa shape index (κ3) is 5.29. The molecular weight excluding hydrogens is 326 g/mol. The largest absolute Gasteiger partial charge is 0.356 e. The number of hydrogen-bond donors (Lipinski definition) is 3. The smallest absolute Gasteiger partial charge is 0.240 e. The van der Waals surface area contributed by atoms with Crippen LogP contribution < -0.4 is 15.8 Å². The Morgan fingerprint density at radius 2 is 1.96 bits per heavy atom. The molecule has 0 fully saturated rings. The summed E-state index contributed by atoms with van der Waals surface area (Å²) >= 11 is 0. The molecule has 0 saturated carbocycles. The fourth-order valence-corrected chi connectivity index (χ4v) is 3.80. The molecule has 134 valence electrons. The molecule has 0 saturated heterocycles. The van der Waals surface area contributed by atoms with Gasteiger partial charge in [-0.3, -0.25) is 4.79 Å². The number of fused-ring (bicyclic) bond motifs is 1. The maximum Gasteiger partial charge on any atom is 0.240 e. The SMILES string of the molecule is CC(CN)CNC(=O)CCNS(=O)(=O)c1ccc2c(c1)CCCC2. The molecule has 2 rings (SSSR count). The van der Waals surface area contributed by atoms with Crippen molar-refractivity contribution in [2.24, 2.45) is 11.7 Å². The number of amides is 1. The van der Waals surface area contributed by atoms with Gasteiger partial charge in [0.15, 0.2) is 0 Å². The first kappa shape index (κ1) is 18.9. The number of rotatable bonds is 8. The van der Waals surface area contributed by atoms with E-state index in [4.69, 9.17) is 5.73 Å². The van der Waals surface area contributed by atoms with Crippen LogP contribution in [0.4, 0.5) is 0 Å². The predicted octanol–water partition coefficient (Wildman–Crippen LogP) is 0.945. The number of hydrogen-bond acceptors (Lipinski definition) is 4. The Labute approximate surface area is 144 Å². The fraction of sp³-hybridized carbons (Fsp3) is 0.588. The maximum atomic E-state index is 12.4. The fourth-order valence-electron chi connectivity index (χ4n) is 2.72. The average molecular weight is 353 g/mol. The van der Waals surface area contributed by atoms with Crippen molar-refractivity contribution in [3.63, 3.8) is 0 Å². The number of nitrogens with two attached hydrogens (primary N) is 1. The standard InChI is InChI=1S/C17H27N3O3S/c1-13(11-18)12-19-17(21)8-9-20-24(22,23)16-7-6-14-4-2-3-5-15(14)10-16/h6-7,10,13,20H,2-5,8-9,11-12,18H2,1H3,(H,19,21). The van der Waals surface area contributed by atoms with Crippen LogP contribution in [0.3, 0.4) is 0 Å². The van der Waals surface area contributed by atoms with Crippen molar-refractivity contribution in [2.75, 3.05) is 19.6 Å². The lowest BCUT2D eigenvalue weighted by atomic mass is 9.92. The van der Waals surface area contributed by atoms with Gasteiger partial charge in [0.05, 0.1) is 4.90 Å². The summed E-state index contributed by atoms with van der Waals surface area (Å²) in [6, 6.07) is 5.32. The molecule has 0 heterocycles. The summed E-state index contributed by atoms with van der Waals surface area (Å²) in [5.41, 5.74) is 7.85. The second kappa shape index (κ2) is 8.60. The van der Waals surface area contributed by atoms with Crippen LogP contribution in [0.1, 0.15) is 37.3 Å². The van der Waals surface area contributed by atoms with Crippen LogP contribution in [0.5, 0.6) is 0 Å². The molecule has 0 aliphatic heterocycles. The van der Waals surface area contributed by atoms with Crippen molar-refractivity contribution in [1.29, 1.82) is 0 Å². The molecule has 0 spiro atoms. The van der Waals surface area contributed by atoms with Crippen molar-refractivity contribution < 1.29 is 13.2 Å². The van der Waals surface area contributed by atoms with Gasteiger partial charge < -0.3 is 11.1 Å². The molecule has 7 heteroatoms. The molecule has 1 atom stereocenters. The van der Waals surface area contributed by atoms with Crippen LogP contribution in [-0.2, 0) is 27.7 Å². The lowest BCUT2D eigenvalue weighted by molar-refractivity contribution is -0.121. The van der Waals surface area contributed by atoms with Gasteiger partial charge in [-0.15, -0.1) is 0 Å². The molecule has 0 aromatic heterocycles. The average Bonchev–Trinajstić information content (AvgIpc) is 2.59. The number of carbonyl (C=O) groups is 1. The first-order valence-electron chi connectivity index (χ1n) is 8.50. The zero-order valence-corrected chi connectivity index (χ0v) is 15.0. The van der Waals surface area contributed by atoms with Crippen molar-refractivity contribution in [1.82, 2.24) is 10.0 Å². The Balaban J connectivity index is 1.86. The van der Waals surface area contributed by atoms with E-state index in [0.29, 0.717) is 13.1 Å². The Morgan fingerprint density at radius 3 is 2.67 bits per heavy atom. The summed E-state index contributed by atoms with van der Waals surface area (Å²) in [6.45, 7) is 3.04. The lowest BCUT2D eigenvalue weighted by Crippen LogP contribution is -2.34. The Bertz CT molecular complexity index is 674. The molecule has 1 aromatic rings. The molecule has 1 unspecified atom stereocenters. The quantitative estimate of drug-likeness (QED) is 0.647. The molecule has 4 N–H and O–H groups in total. The van der Waals surface area contributed by atoms with Gasteiger partial charge in [0.2, 0.25) is 15.9 Å². The number of benzene rings is 1. The van der Waals surface area contributed by atoms with E-state index in [9.17, 15) is 13.2 Å². The van der Waals surface area contributed by atoms with Gasteiger partial charge in [-0.25, -0.2) is 13.1 Å². The molecule has 1 aliphatic rings. The number of aryl methyl sites for hydroxylation is 2. The van der Waals surface area contributed by atoms with Crippen LogP contribution >= 0.6 is 0 Å². The molecule has 6 nitrogen and oxygen atoms in total. The molecule has 1 aliphatic carbocycles. The highest BCUT2D eigenvalue weighted by molar-refractivity contribution is 7.89. The predicted molar refractivity (Wildman–Crippen MR) is 94.1 cm³/mol. The van der Waals surface area contributed by atoms with Gasteiger partial charge >= 0.3 is 0 Å². The van der Waals surface area contributed by atoms with Crippen molar-refractivity contribution in [3.05, 3.63) is 29.3 Å². The summed E-state index contributed by atoms with van der Waals surface area (Å²) in [7, 11) is -3.58. The topological polar surface area (TPSA) is 101 Å². The maximum absolute atomic E-state index is 12.4. The first-order valence-corrected chi connectivity index (χ1v) is 9.99. The second-order valence-electron chi connectivity index (χ2n) is 6.43. The summed E-state index contributed by atoms with van der Waals surface area (Å²) in [5.74, 6) is 0.0320. The monoisotopic (exact) mass is 353 g/mol. The van der Waals surface area contributed by atoms with E-state index >= 15 is 0 Å². The van der Waals surface area contributed by atoms with Crippen LogP contribution in [0.2, 0.25) is 0 Å². The Hall–Kier alpha value is -1.44. The second-order valence-corrected chi connectivity index (χ2v) is 8.20. The van der Waals surface area contributed by atoms with Crippen LogP contribution in [0.15, 0.2) is 23.1 Å². The number of sulfonamides is 1. The van der Waals surface area contributed by atoms with Crippen molar-refractivity contribution in [2.45, 2.75) is 43.9 Å². The zero-order chi connectivity index (χ0) is 17.6. The van der Waals surface area contributed by atoms with E-state index in [0.717, 1.165) is 31.2 Å². The van der Waals surface area contributed by atoms with E-state index < -0.39 is 10.0 Å². The number of nitrogens with one attached hydrogen (secondary N) is 2. The third-order valence-electron chi connectivity index (χ3n) is 4.32. The van der Waals surface area contributed by atoms with Crippen molar-refractivity contribution >= 4 is 15.9 Å². The van der Waals surface area contributed by atoms with Gasteiger partial charge in [-0.2, -0.15) is 0 Å². The van der Waals surface area contributed by atoms with Gasteiger partial charge in [0.25, 0.3) is 0 Å². The Kier molecular flexibility index (Phi) is 6.77. The van der Waals surface area contributed by atoms with E-state index in [-0.39, 0.29) is 29.7 Å². The molecule has 0 bridgehead atoms. The highest BCUT2D eigenvalue weighted by Gasteiger charge is 2.17. The van der Waals surface area contributed by atoms with E-state index in [1.165, 1.54) is 5.56 Å². The summed E-state index contributed by atoms with van der Waals surface area (Å²) < 4.78 is 27.2. The zero-order valence-electron chi connectivity index (χ0n) is 14.2. The van der Waals surface area contributed by atoms with E-state index in [2.05, 4.69) is 10.0 Å². The third-order valence-corrected chi connectivity index (χ3v) is 5.78. The van der Waals surface area contributed by atoms with Crippen LogP contribution in [-0.4, -0.2) is 34.0 Å². The minimum atomic E-state index is -3.58. The minimum Gasteiger partial charge on any atom is -0.356 e. The van der Waals surface area contributed by atoms with Gasteiger partial charge in [-0.05, 0) is 61.4 Å². The number of carbonyl (C=O) groups excluding carboxylic acids is 1. The Morgan fingerprint density at radius 1 is 1.25 bits per heavy atom. The normalized spacial score (nSPS) is 15.6. The lowest BCUT2D eigenvalue weighted by Gasteiger charge is -2.16. The highest BCUT2D eigenvalue weighted by Crippen LogP contribution is 2.23. The van der Waals surface area contributed by atoms with Gasteiger partial charge in [0, 0.05) is 19.5 Å². The molecule has 24 heavy (non-hydrogen) atoms. The molecule has 1 amide bonds. The van der Waals surface area contributed by atoms with Crippen LogP contribution in [0.25, 0.3) is 0 Å². The summed E-state index contributed by atoms with van der Waals surface area (Å²) in [4.78, 5) is 12.0. The minimum absolute atomic E-state index is 0.0856. The first-order chi connectivity index (χ1) is 11.4. The summed E-state index contributed by atoms with van der Waals surface area (Å²) in [6.07, 6.45) is 4.33. The van der Waals surface area contributed by atoms with E-state index in [1.807, 2.05) is 13.0 Å². The van der Waals surface area contributed by atoms with Crippen molar-refractivity contribution in [3.8, 4) is 0 Å². The summed E-state index contributed by atoms with van der Waals surface area (Å²) in [5, 5.41) is 2.75. The molecule has 1 aromatic carbocycles.